The Morgan fingerprint density at radius 3 is 2.94 bits per heavy atom. The van der Waals surface area contributed by atoms with Crippen molar-refractivity contribution in [2.75, 3.05) is 13.2 Å². The maximum absolute atomic E-state index is 13.0. The Labute approximate surface area is 98.5 Å². The van der Waals surface area contributed by atoms with Gasteiger partial charge >= 0.3 is 0 Å². The predicted octanol–water partition coefficient (Wildman–Crippen LogP) is 2.38. The number of hydrogen-bond acceptors (Lipinski definition) is 2. The third kappa shape index (κ3) is 4.06. The zero-order valence-electron chi connectivity index (χ0n) is 8.93. The summed E-state index contributed by atoms with van der Waals surface area (Å²) in [5.41, 5.74) is 0. The molecule has 1 aromatic rings. The first-order valence-corrected chi connectivity index (χ1v) is 5.36. The fourth-order valence-corrected chi connectivity index (χ4v) is 1.23. The molecule has 0 unspecified atom stereocenters. The fourth-order valence-electron chi connectivity index (χ4n) is 1.11. The number of hydrogen-bond donors (Lipinski definition) is 1. The Balaban J connectivity index is 2.37. The van der Waals surface area contributed by atoms with Crippen molar-refractivity contribution in [3.05, 3.63) is 29.0 Å². The van der Waals surface area contributed by atoms with Gasteiger partial charge in [0, 0.05) is 12.6 Å². The minimum atomic E-state index is -0.530. The summed E-state index contributed by atoms with van der Waals surface area (Å²) in [6.45, 7) is 2.65. The molecule has 1 N–H and O–H groups in total. The van der Waals surface area contributed by atoms with E-state index in [9.17, 15) is 9.18 Å². The van der Waals surface area contributed by atoms with Gasteiger partial charge in [-0.15, -0.1) is 0 Å². The van der Waals surface area contributed by atoms with E-state index in [-0.39, 0.29) is 24.0 Å². The van der Waals surface area contributed by atoms with E-state index in [2.05, 4.69) is 5.32 Å². The second-order valence-electron chi connectivity index (χ2n) is 3.13. The highest BCUT2D eigenvalue weighted by molar-refractivity contribution is 6.30. The molecule has 0 bridgehead atoms. The van der Waals surface area contributed by atoms with Crippen LogP contribution in [0.3, 0.4) is 0 Å². The van der Waals surface area contributed by atoms with Crippen molar-refractivity contribution in [1.29, 1.82) is 0 Å². The quantitative estimate of drug-likeness (QED) is 0.865. The number of halogens is 2. The SMILES string of the molecule is CCNC(=O)CCOc1ccc(Cl)c(F)c1. The molecule has 0 spiro atoms. The van der Waals surface area contributed by atoms with E-state index in [4.69, 9.17) is 16.3 Å². The smallest absolute Gasteiger partial charge is 0.223 e. The van der Waals surface area contributed by atoms with E-state index < -0.39 is 5.82 Å². The third-order valence-electron chi connectivity index (χ3n) is 1.86. The average molecular weight is 246 g/mol. The summed E-state index contributed by atoms with van der Waals surface area (Å²) in [6, 6.07) is 4.17. The first-order chi connectivity index (χ1) is 7.63. The number of rotatable bonds is 5. The molecule has 1 aromatic carbocycles. The molecule has 0 radical (unpaired) electrons. The van der Waals surface area contributed by atoms with Crippen molar-refractivity contribution in [3.8, 4) is 5.75 Å². The van der Waals surface area contributed by atoms with Gasteiger partial charge in [0.25, 0.3) is 0 Å². The van der Waals surface area contributed by atoms with Crippen LogP contribution in [0, 0.1) is 5.82 Å². The van der Waals surface area contributed by atoms with E-state index in [0.717, 1.165) is 0 Å². The van der Waals surface area contributed by atoms with Gasteiger partial charge < -0.3 is 10.1 Å². The molecule has 0 saturated heterocycles. The Morgan fingerprint density at radius 1 is 1.56 bits per heavy atom. The predicted molar refractivity (Wildman–Crippen MR) is 60.2 cm³/mol. The highest BCUT2D eigenvalue weighted by Crippen LogP contribution is 2.20. The number of carbonyl (C=O) groups is 1. The van der Waals surface area contributed by atoms with E-state index in [0.29, 0.717) is 12.3 Å². The largest absolute Gasteiger partial charge is 0.493 e. The van der Waals surface area contributed by atoms with Gasteiger partial charge in [-0.2, -0.15) is 0 Å². The van der Waals surface area contributed by atoms with Crippen LogP contribution in [0.15, 0.2) is 18.2 Å². The molecule has 0 heterocycles. The summed E-state index contributed by atoms with van der Waals surface area (Å²) in [7, 11) is 0. The van der Waals surface area contributed by atoms with Crippen molar-refractivity contribution in [1.82, 2.24) is 5.32 Å². The molecule has 16 heavy (non-hydrogen) atoms. The van der Waals surface area contributed by atoms with Crippen LogP contribution in [-0.4, -0.2) is 19.1 Å². The highest BCUT2D eigenvalue weighted by atomic mass is 35.5. The van der Waals surface area contributed by atoms with Crippen LogP contribution < -0.4 is 10.1 Å². The van der Waals surface area contributed by atoms with E-state index in [1.807, 2.05) is 6.92 Å². The molecule has 0 aliphatic carbocycles. The van der Waals surface area contributed by atoms with Crippen LogP contribution in [-0.2, 0) is 4.79 Å². The second-order valence-corrected chi connectivity index (χ2v) is 3.54. The van der Waals surface area contributed by atoms with E-state index >= 15 is 0 Å². The minimum Gasteiger partial charge on any atom is -0.493 e. The Hall–Kier alpha value is -1.29. The van der Waals surface area contributed by atoms with Gasteiger partial charge in [-0.3, -0.25) is 4.79 Å². The lowest BCUT2D eigenvalue weighted by molar-refractivity contribution is -0.121. The average Bonchev–Trinajstić information content (AvgIpc) is 2.24. The number of carbonyl (C=O) groups excluding carboxylic acids is 1. The maximum atomic E-state index is 13.0. The van der Waals surface area contributed by atoms with E-state index in [1.54, 1.807) is 6.07 Å². The standard InChI is InChI=1S/C11H13ClFNO2/c1-2-14-11(15)5-6-16-8-3-4-9(12)10(13)7-8/h3-4,7H,2,5-6H2,1H3,(H,14,15). The first-order valence-electron chi connectivity index (χ1n) is 4.98. The topological polar surface area (TPSA) is 38.3 Å². The van der Waals surface area contributed by atoms with Crippen LogP contribution in [0.2, 0.25) is 5.02 Å². The number of ether oxygens (including phenoxy) is 1. The van der Waals surface area contributed by atoms with Crippen molar-refractivity contribution in [3.63, 3.8) is 0 Å². The van der Waals surface area contributed by atoms with Crippen LogP contribution in [0.5, 0.6) is 5.75 Å². The molecule has 1 amide bonds. The molecule has 0 atom stereocenters. The van der Waals surface area contributed by atoms with Crippen molar-refractivity contribution in [2.45, 2.75) is 13.3 Å². The lowest BCUT2D eigenvalue weighted by Crippen LogP contribution is -2.24. The molecule has 3 nitrogen and oxygen atoms in total. The second kappa shape index (κ2) is 6.33. The highest BCUT2D eigenvalue weighted by Gasteiger charge is 2.03. The Kier molecular flexibility index (Phi) is 5.05. The molecule has 88 valence electrons. The monoisotopic (exact) mass is 245 g/mol. The van der Waals surface area contributed by atoms with Gasteiger partial charge in [-0.05, 0) is 19.1 Å². The zero-order chi connectivity index (χ0) is 12.0. The summed E-state index contributed by atoms with van der Waals surface area (Å²) >= 11 is 5.51. The molecular weight excluding hydrogens is 233 g/mol. The van der Waals surface area contributed by atoms with Crippen LogP contribution in [0.1, 0.15) is 13.3 Å². The zero-order valence-corrected chi connectivity index (χ0v) is 9.68. The third-order valence-corrected chi connectivity index (χ3v) is 2.17. The van der Waals surface area contributed by atoms with E-state index in [1.165, 1.54) is 12.1 Å². The summed E-state index contributed by atoms with van der Waals surface area (Å²) in [5, 5.41) is 2.69. The van der Waals surface area contributed by atoms with Crippen LogP contribution in [0.4, 0.5) is 4.39 Å². The molecule has 5 heteroatoms. The summed E-state index contributed by atoms with van der Waals surface area (Å²) < 4.78 is 18.2. The number of benzene rings is 1. The molecule has 1 rings (SSSR count). The van der Waals surface area contributed by atoms with Crippen molar-refractivity contribution < 1.29 is 13.9 Å². The minimum absolute atomic E-state index is 0.0519. The molecule has 0 saturated carbocycles. The van der Waals surface area contributed by atoms with Gasteiger partial charge in [0.1, 0.15) is 11.6 Å². The van der Waals surface area contributed by atoms with Crippen LogP contribution in [0.25, 0.3) is 0 Å². The maximum Gasteiger partial charge on any atom is 0.223 e. The summed E-state index contributed by atoms with van der Waals surface area (Å²) in [6.07, 6.45) is 0.248. The summed E-state index contributed by atoms with van der Waals surface area (Å²) in [4.78, 5) is 11.1. The molecule has 0 aliphatic rings. The Morgan fingerprint density at radius 2 is 2.31 bits per heavy atom. The molecule has 0 aromatic heterocycles. The Bertz CT molecular complexity index is 371. The summed E-state index contributed by atoms with van der Waals surface area (Å²) in [5.74, 6) is -0.250. The van der Waals surface area contributed by atoms with Crippen molar-refractivity contribution in [2.24, 2.45) is 0 Å². The van der Waals surface area contributed by atoms with Gasteiger partial charge in [0.05, 0.1) is 18.1 Å². The molecule has 0 aliphatic heterocycles. The lowest BCUT2D eigenvalue weighted by atomic mass is 10.3. The molecule has 0 fully saturated rings. The number of amides is 1. The fraction of sp³-hybridized carbons (Fsp3) is 0.364. The number of nitrogens with one attached hydrogen (secondary N) is 1. The van der Waals surface area contributed by atoms with Gasteiger partial charge in [0.15, 0.2) is 0 Å². The van der Waals surface area contributed by atoms with Crippen molar-refractivity contribution >= 4 is 17.5 Å². The first kappa shape index (κ1) is 12.8. The van der Waals surface area contributed by atoms with Gasteiger partial charge in [-0.25, -0.2) is 4.39 Å². The normalized spacial score (nSPS) is 9.94. The molecular formula is C11H13ClFNO2. The van der Waals surface area contributed by atoms with Gasteiger partial charge in [-0.1, -0.05) is 11.6 Å². The van der Waals surface area contributed by atoms with Gasteiger partial charge in [0.2, 0.25) is 5.91 Å². The lowest BCUT2D eigenvalue weighted by Gasteiger charge is -2.06. The van der Waals surface area contributed by atoms with Crippen LogP contribution >= 0.6 is 11.6 Å².